The standard InChI is InChI=1S/C20H19N5O2/c1-12-6-7-15-14(11-27-19(15)13(12)2)9-18(26)22-10-17-23-20(25-24-17)16-5-3-4-8-21-16/h3-8,11H,9-10H2,1-2H3,(H,22,26)(H,23,24,25). The summed E-state index contributed by atoms with van der Waals surface area (Å²) in [6.45, 7) is 4.33. The molecule has 4 rings (SSSR count). The number of carbonyl (C=O) groups excluding carboxylic acids is 1. The molecule has 0 aliphatic carbocycles. The van der Waals surface area contributed by atoms with Gasteiger partial charge in [-0.1, -0.05) is 18.2 Å². The Kier molecular flexibility index (Phi) is 4.42. The van der Waals surface area contributed by atoms with E-state index in [0.717, 1.165) is 22.1 Å². The molecule has 0 aliphatic heterocycles. The number of nitrogens with zero attached hydrogens (tertiary/aromatic N) is 3. The van der Waals surface area contributed by atoms with Gasteiger partial charge in [0.15, 0.2) is 5.82 Å². The Hall–Kier alpha value is -3.48. The third-order valence-electron chi connectivity index (χ3n) is 4.57. The number of amides is 1. The van der Waals surface area contributed by atoms with Gasteiger partial charge in [-0.15, -0.1) is 0 Å². The molecule has 0 atom stereocenters. The monoisotopic (exact) mass is 361 g/mol. The first-order chi connectivity index (χ1) is 13.1. The van der Waals surface area contributed by atoms with Crippen LogP contribution in [0.15, 0.2) is 47.2 Å². The van der Waals surface area contributed by atoms with Crippen LogP contribution in [0.5, 0.6) is 0 Å². The van der Waals surface area contributed by atoms with Crippen molar-refractivity contribution in [2.24, 2.45) is 0 Å². The van der Waals surface area contributed by atoms with Gasteiger partial charge >= 0.3 is 0 Å². The van der Waals surface area contributed by atoms with Crippen molar-refractivity contribution in [2.45, 2.75) is 26.8 Å². The van der Waals surface area contributed by atoms with E-state index in [0.29, 0.717) is 17.3 Å². The van der Waals surface area contributed by atoms with E-state index in [2.05, 4.69) is 25.5 Å². The average Bonchev–Trinajstić information content (AvgIpc) is 3.31. The van der Waals surface area contributed by atoms with Crippen molar-refractivity contribution in [3.63, 3.8) is 0 Å². The van der Waals surface area contributed by atoms with E-state index in [4.69, 9.17) is 4.42 Å². The number of aromatic amines is 1. The number of hydrogen-bond donors (Lipinski definition) is 2. The molecule has 136 valence electrons. The van der Waals surface area contributed by atoms with Gasteiger partial charge in [-0.05, 0) is 37.1 Å². The number of rotatable bonds is 5. The zero-order valence-corrected chi connectivity index (χ0v) is 15.1. The minimum absolute atomic E-state index is 0.105. The summed E-state index contributed by atoms with van der Waals surface area (Å²) < 4.78 is 5.66. The first-order valence-electron chi connectivity index (χ1n) is 8.67. The highest BCUT2D eigenvalue weighted by atomic mass is 16.3. The normalized spacial score (nSPS) is 11.0. The number of aryl methyl sites for hydroxylation is 2. The fraction of sp³-hybridized carbons (Fsp3) is 0.200. The third kappa shape index (κ3) is 3.44. The summed E-state index contributed by atoms with van der Waals surface area (Å²) in [6, 6.07) is 9.58. The Morgan fingerprint density at radius 3 is 2.93 bits per heavy atom. The van der Waals surface area contributed by atoms with Gasteiger partial charge in [-0.25, -0.2) is 4.98 Å². The maximum Gasteiger partial charge on any atom is 0.224 e. The molecule has 0 saturated heterocycles. The molecule has 3 aromatic heterocycles. The van der Waals surface area contributed by atoms with Gasteiger partial charge in [-0.2, -0.15) is 5.10 Å². The molecule has 0 fully saturated rings. The van der Waals surface area contributed by atoms with Crippen LogP contribution in [0, 0.1) is 13.8 Å². The Balaban J connectivity index is 1.41. The van der Waals surface area contributed by atoms with Crippen LogP contribution < -0.4 is 5.32 Å². The summed E-state index contributed by atoms with van der Waals surface area (Å²) in [6.07, 6.45) is 3.59. The topological polar surface area (TPSA) is 96.7 Å². The third-order valence-corrected chi connectivity index (χ3v) is 4.57. The summed E-state index contributed by atoms with van der Waals surface area (Å²) in [5.41, 5.74) is 4.66. The Bertz CT molecular complexity index is 1100. The molecule has 3 heterocycles. The van der Waals surface area contributed by atoms with Crippen LogP contribution in [-0.2, 0) is 17.8 Å². The summed E-state index contributed by atoms with van der Waals surface area (Å²) in [4.78, 5) is 20.9. The highest BCUT2D eigenvalue weighted by Gasteiger charge is 2.13. The predicted octanol–water partition coefficient (Wildman–Crippen LogP) is 3.09. The lowest BCUT2D eigenvalue weighted by molar-refractivity contribution is -0.120. The zero-order valence-electron chi connectivity index (χ0n) is 15.1. The highest BCUT2D eigenvalue weighted by Crippen LogP contribution is 2.26. The molecule has 0 saturated carbocycles. The molecule has 7 heteroatoms. The quantitative estimate of drug-likeness (QED) is 0.569. The molecule has 0 radical (unpaired) electrons. The minimum atomic E-state index is -0.105. The number of aromatic nitrogens is 4. The Morgan fingerprint density at radius 2 is 2.11 bits per heavy atom. The van der Waals surface area contributed by atoms with Crippen LogP contribution in [0.1, 0.15) is 22.5 Å². The fourth-order valence-corrected chi connectivity index (χ4v) is 2.93. The van der Waals surface area contributed by atoms with Crippen LogP contribution >= 0.6 is 0 Å². The predicted molar refractivity (Wildman–Crippen MR) is 101 cm³/mol. The Labute approximate surface area is 155 Å². The van der Waals surface area contributed by atoms with Crippen molar-refractivity contribution >= 4 is 16.9 Å². The van der Waals surface area contributed by atoms with E-state index < -0.39 is 0 Å². The number of benzene rings is 1. The summed E-state index contributed by atoms with van der Waals surface area (Å²) in [5, 5.41) is 10.8. The van der Waals surface area contributed by atoms with Crippen molar-refractivity contribution in [2.75, 3.05) is 0 Å². The fourth-order valence-electron chi connectivity index (χ4n) is 2.93. The van der Waals surface area contributed by atoms with E-state index in [1.54, 1.807) is 12.5 Å². The number of H-pyrrole nitrogens is 1. The van der Waals surface area contributed by atoms with Gasteiger partial charge in [-0.3, -0.25) is 14.9 Å². The lowest BCUT2D eigenvalue weighted by Gasteiger charge is -2.03. The van der Waals surface area contributed by atoms with Crippen molar-refractivity contribution in [3.8, 4) is 11.5 Å². The van der Waals surface area contributed by atoms with Gasteiger partial charge in [0.1, 0.15) is 17.1 Å². The van der Waals surface area contributed by atoms with Gasteiger partial charge in [0.25, 0.3) is 0 Å². The van der Waals surface area contributed by atoms with Crippen LogP contribution in [0.25, 0.3) is 22.5 Å². The number of fused-ring (bicyclic) bond motifs is 1. The molecule has 0 bridgehead atoms. The van der Waals surface area contributed by atoms with E-state index in [1.807, 2.05) is 44.2 Å². The van der Waals surface area contributed by atoms with E-state index >= 15 is 0 Å². The molecule has 27 heavy (non-hydrogen) atoms. The second kappa shape index (κ2) is 7.03. The van der Waals surface area contributed by atoms with Crippen LogP contribution in [0.4, 0.5) is 0 Å². The highest BCUT2D eigenvalue weighted by molar-refractivity contribution is 5.89. The molecular weight excluding hydrogens is 342 g/mol. The van der Waals surface area contributed by atoms with Crippen molar-refractivity contribution in [3.05, 3.63) is 65.3 Å². The molecule has 0 aliphatic rings. The average molecular weight is 361 g/mol. The van der Waals surface area contributed by atoms with Gasteiger partial charge in [0.05, 0.1) is 19.2 Å². The van der Waals surface area contributed by atoms with Crippen LogP contribution in [0.2, 0.25) is 0 Å². The van der Waals surface area contributed by atoms with Crippen molar-refractivity contribution in [1.82, 2.24) is 25.5 Å². The summed E-state index contributed by atoms with van der Waals surface area (Å²) in [7, 11) is 0. The van der Waals surface area contributed by atoms with Crippen LogP contribution in [0.3, 0.4) is 0 Å². The Morgan fingerprint density at radius 1 is 1.22 bits per heavy atom. The number of nitrogens with one attached hydrogen (secondary N) is 2. The second-order valence-corrected chi connectivity index (χ2v) is 6.42. The van der Waals surface area contributed by atoms with E-state index in [9.17, 15) is 4.79 Å². The molecule has 1 amide bonds. The second-order valence-electron chi connectivity index (χ2n) is 6.42. The number of pyridine rings is 1. The molecule has 1 aromatic carbocycles. The first kappa shape index (κ1) is 17.0. The maximum absolute atomic E-state index is 12.3. The summed E-state index contributed by atoms with van der Waals surface area (Å²) >= 11 is 0. The van der Waals surface area contributed by atoms with E-state index in [1.165, 1.54) is 5.56 Å². The number of hydrogen-bond acceptors (Lipinski definition) is 5. The first-order valence-corrected chi connectivity index (χ1v) is 8.67. The van der Waals surface area contributed by atoms with Gasteiger partial charge < -0.3 is 9.73 Å². The SMILES string of the molecule is Cc1ccc2c(CC(=O)NCc3nc(-c4ccccn4)n[nH]3)coc2c1C. The molecule has 7 nitrogen and oxygen atoms in total. The smallest absolute Gasteiger partial charge is 0.224 e. The zero-order chi connectivity index (χ0) is 18.8. The minimum Gasteiger partial charge on any atom is -0.464 e. The molecular formula is C20H19N5O2. The number of furan rings is 1. The van der Waals surface area contributed by atoms with Gasteiger partial charge in [0.2, 0.25) is 5.91 Å². The molecule has 0 spiro atoms. The molecule has 4 aromatic rings. The lowest BCUT2D eigenvalue weighted by Crippen LogP contribution is -2.25. The van der Waals surface area contributed by atoms with Crippen molar-refractivity contribution in [1.29, 1.82) is 0 Å². The maximum atomic E-state index is 12.3. The number of carbonyl (C=O) groups is 1. The molecule has 0 unspecified atom stereocenters. The van der Waals surface area contributed by atoms with E-state index in [-0.39, 0.29) is 18.9 Å². The largest absolute Gasteiger partial charge is 0.464 e. The molecule has 2 N–H and O–H groups in total. The van der Waals surface area contributed by atoms with Gasteiger partial charge in [0, 0.05) is 17.1 Å². The van der Waals surface area contributed by atoms with Crippen LogP contribution in [-0.4, -0.2) is 26.1 Å². The lowest BCUT2D eigenvalue weighted by atomic mass is 10.0. The van der Waals surface area contributed by atoms with Crippen molar-refractivity contribution < 1.29 is 9.21 Å². The summed E-state index contributed by atoms with van der Waals surface area (Å²) in [5.74, 6) is 0.978.